The van der Waals surface area contributed by atoms with E-state index in [-0.39, 0.29) is 22.8 Å². The van der Waals surface area contributed by atoms with Crippen molar-refractivity contribution in [1.82, 2.24) is 9.80 Å². The molecule has 0 spiro atoms. The lowest BCUT2D eigenvalue weighted by atomic mass is 10.0. The molecule has 1 heterocycles. The summed E-state index contributed by atoms with van der Waals surface area (Å²) in [5.41, 5.74) is -0.388. The van der Waals surface area contributed by atoms with Gasteiger partial charge in [0.2, 0.25) is 0 Å². The highest BCUT2D eigenvalue weighted by molar-refractivity contribution is 6.06. The van der Waals surface area contributed by atoms with E-state index in [4.69, 9.17) is 0 Å². The smallest absolute Gasteiger partial charge is 0.324 e. The second kappa shape index (κ2) is 7.21. The summed E-state index contributed by atoms with van der Waals surface area (Å²) >= 11 is 0. The molecule has 0 aromatic heterocycles. The maximum absolute atomic E-state index is 13.1. The van der Waals surface area contributed by atoms with E-state index in [0.29, 0.717) is 13.1 Å². The van der Waals surface area contributed by atoms with Crippen LogP contribution in [0.4, 0.5) is 10.5 Å². The van der Waals surface area contributed by atoms with Gasteiger partial charge in [0.25, 0.3) is 11.6 Å². The molecule has 0 unspecified atom stereocenters. The molecule has 1 aromatic rings. The molecule has 1 saturated heterocycles. The van der Waals surface area contributed by atoms with Crippen molar-refractivity contribution < 1.29 is 14.5 Å². The van der Waals surface area contributed by atoms with Crippen molar-refractivity contribution in [1.29, 1.82) is 0 Å². The monoisotopic (exact) mass is 347 g/mol. The van der Waals surface area contributed by atoms with Crippen LogP contribution in [0.15, 0.2) is 18.2 Å². The number of rotatable bonds is 2. The molecular formula is C18H25N3O4. The molecule has 1 aliphatic heterocycles. The molecule has 1 aliphatic rings. The summed E-state index contributed by atoms with van der Waals surface area (Å²) in [5, 5.41) is 11.2. The number of imide groups is 1. The summed E-state index contributed by atoms with van der Waals surface area (Å²) in [5.74, 6) is -0.496. The van der Waals surface area contributed by atoms with Gasteiger partial charge in [-0.15, -0.1) is 0 Å². The summed E-state index contributed by atoms with van der Waals surface area (Å²) in [6.07, 6.45) is 2.93. The van der Waals surface area contributed by atoms with Crippen LogP contribution in [-0.2, 0) is 0 Å². The largest absolute Gasteiger partial charge is 0.327 e. The summed E-state index contributed by atoms with van der Waals surface area (Å²) in [6.45, 7) is 8.18. The van der Waals surface area contributed by atoms with Gasteiger partial charge in [-0.05, 0) is 53.0 Å². The Bertz CT molecular complexity index is 688. The Morgan fingerprint density at radius 3 is 2.28 bits per heavy atom. The third-order valence-corrected chi connectivity index (χ3v) is 4.42. The number of nitro benzene ring substituents is 1. The molecule has 0 N–H and O–H groups in total. The van der Waals surface area contributed by atoms with Crippen molar-refractivity contribution in [2.75, 3.05) is 13.1 Å². The Labute approximate surface area is 147 Å². The van der Waals surface area contributed by atoms with Crippen LogP contribution in [0, 0.1) is 17.0 Å². The Kier molecular flexibility index (Phi) is 5.45. The minimum Gasteiger partial charge on any atom is -0.324 e. The number of hydrogen-bond donors (Lipinski definition) is 0. The first kappa shape index (κ1) is 18.9. The van der Waals surface area contributed by atoms with Crippen LogP contribution in [0.5, 0.6) is 0 Å². The number of nitro groups is 1. The van der Waals surface area contributed by atoms with Crippen LogP contribution in [0.1, 0.15) is 56.0 Å². The third kappa shape index (κ3) is 3.97. The molecule has 3 amide bonds. The van der Waals surface area contributed by atoms with Gasteiger partial charge in [-0.3, -0.25) is 19.8 Å². The van der Waals surface area contributed by atoms with Crippen molar-refractivity contribution in [2.24, 2.45) is 0 Å². The van der Waals surface area contributed by atoms with E-state index in [2.05, 4.69) is 0 Å². The van der Waals surface area contributed by atoms with Crippen molar-refractivity contribution in [3.8, 4) is 0 Å². The number of carbonyl (C=O) groups is 2. The molecule has 136 valence electrons. The van der Waals surface area contributed by atoms with Crippen molar-refractivity contribution in [3.05, 3.63) is 39.4 Å². The normalized spacial score (nSPS) is 15.0. The topological polar surface area (TPSA) is 83.8 Å². The Hall–Kier alpha value is -2.44. The van der Waals surface area contributed by atoms with E-state index in [1.54, 1.807) is 25.7 Å². The molecule has 2 rings (SSSR count). The zero-order chi connectivity index (χ0) is 18.8. The van der Waals surface area contributed by atoms with Gasteiger partial charge in [-0.2, -0.15) is 0 Å². The number of likely N-dealkylation sites (tertiary alicyclic amines) is 1. The van der Waals surface area contributed by atoms with Gasteiger partial charge in [0.1, 0.15) is 0 Å². The van der Waals surface area contributed by atoms with E-state index >= 15 is 0 Å². The van der Waals surface area contributed by atoms with Gasteiger partial charge in [0.05, 0.1) is 4.92 Å². The second-order valence-electron chi connectivity index (χ2n) is 7.35. The molecular weight excluding hydrogens is 322 g/mol. The van der Waals surface area contributed by atoms with Gasteiger partial charge >= 0.3 is 6.03 Å². The van der Waals surface area contributed by atoms with Crippen LogP contribution >= 0.6 is 0 Å². The number of nitrogens with zero attached hydrogens (tertiary/aromatic N) is 3. The third-order valence-electron chi connectivity index (χ3n) is 4.42. The fourth-order valence-corrected chi connectivity index (χ4v) is 3.08. The van der Waals surface area contributed by atoms with Gasteiger partial charge in [-0.1, -0.05) is 6.07 Å². The first-order valence-corrected chi connectivity index (χ1v) is 8.52. The first-order valence-electron chi connectivity index (χ1n) is 8.52. The highest BCUT2D eigenvalue weighted by Crippen LogP contribution is 2.26. The number of hydrogen-bond acceptors (Lipinski definition) is 4. The minimum atomic E-state index is -0.733. The molecule has 0 atom stereocenters. The lowest BCUT2D eigenvalue weighted by Gasteiger charge is -2.39. The Balaban J connectivity index is 2.42. The maximum atomic E-state index is 13.1. The van der Waals surface area contributed by atoms with E-state index in [1.807, 2.05) is 0 Å². The summed E-state index contributed by atoms with van der Waals surface area (Å²) in [7, 11) is 0. The minimum absolute atomic E-state index is 0.120. The molecule has 0 saturated carbocycles. The number of amides is 3. The van der Waals surface area contributed by atoms with Gasteiger partial charge in [0.15, 0.2) is 0 Å². The fraction of sp³-hybridized carbons (Fsp3) is 0.556. The Morgan fingerprint density at radius 1 is 1.16 bits per heavy atom. The number of piperidine rings is 1. The molecule has 0 bridgehead atoms. The van der Waals surface area contributed by atoms with Crippen LogP contribution in [0.3, 0.4) is 0 Å². The van der Waals surface area contributed by atoms with Gasteiger partial charge < -0.3 is 4.90 Å². The predicted octanol–water partition coefficient (Wildman–Crippen LogP) is 3.75. The standard InChI is InChI=1S/C18H25N3O4/c1-13-14(9-8-10-15(13)21(24)25)16(22)20(18(2,3)4)17(23)19-11-6-5-7-12-19/h8-10H,5-7,11-12H2,1-4H3. The maximum Gasteiger partial charge on any atom is 0.327 e. The van der Waals surface area contributed by atoms with E-state index < -0.39 is 16.4 Å². The summed E-state index contributed by atoms with van der Waals surface area (Å²) in [4.78, 5) is 39.7. The second-order valence-corrected chi connectivity index (χ2v) is 7.35. The first-order chi connectivity index (χ1) is 11.6. The van der Waals surface area contributed by atoms with Crippen LogP contribution in [0.25, 0.3) is 0 Å². The SMILES string of the molecule is Cc1c(C(=O)N(C(=O)N2CCCCC2)C(C)(C)C)cccc1[N+](=O)[O-]. The molecule has 1 aromatic carbocycles. The number of urea groups is 1. The molecule has 25 heavy (non-hydrogen) atoms. The zero-order valence-corrected chi connectivity index (χ0v) is 15.2. The average Bonchev–Trinajstić information content (AvgIpc) is 2.54. The van der Waals surface area contributed by atoms with E-state index in [0.717, 1.165) is 19.3 Å². The average molecular weight is 347 g/mol. The van der Waals surface area contributed by atoms with Crippen molar-refractivity contribution in [3.63, 3.8) is 0 Å². The summed E-state index contributed by atoms with van der Waals surface area (Å²) in [6, 6.07) is 4.04. The summed E-state index contributed by atoms with van der Waals surface area (Å²) < 4.78 is 0. The number of carbonyl (C=O) groups excluding carboxylic acids is 2. The molecule has 0 radical (unpaired) electrons. The van der Waals surface area contributed by atoms with Crippen LogP contribution in [0.2, 0.25) is 0 Å². The predicted molar refractivity (Wildman–Crippen MR) is 94.6 cm³/mol. The highest BCUT2D eigenvalue weighted by Gasteiger charge is 2.37. The quantitative estimate of drug-likeness (QED) is 0.602. The highest BCUT2D eigenvalue weighted by atomic mass is 16.6. The van der Waals surface area contributed by atoms with Gasteiger partial charge in [-0.25, -0.2) is 4.79 Å². The van der Waals surface area contributed by atoms with Crippen molar-refractivity contribution >= 4 is 17.6 Å². The molecule has 0 aliphatic carbocycles. The molecule has 7 nitrogen and oxygen atoms in total. The van der Waals surface area contributed by atoms with E-state index in [9.17, 15) is 19.7 Å². The molecule has 7 heteroatoms. The zero-order valence-electron chi connectivity index (χ0n) is 15.2. The van der Waals surface area contributed by atoms with Crippen LogP contribution < -0.4 is 0 Å². The van der Waals surface area contributed by atoms with Crippen LogP contribution in [-0.4, -0.2) is 45.3 Å². The van der Waals surface area contributed by atoms with Crippen molar-refractivity contribution in [2.45, 2.75) is 52.5 Å². The van der Waals surface area contributed by atoms with Gasteiger partial charge in [0, 0.05) is 35.8 Å². The fourth-order valence-electron chi connectivity index (χ4n) is 3.08. The lowest BCUT2D eigenvalue weighted by molar-refractivity contribution is -0.385. The Morgan fingerprint density at radius 2 is 1.76 bits per heavy atom. The molecule has 1 fully saturated rings. The lowest BCUT2D eigenvalue weighted by Crippen LogP contribution is -2.55. The number of benzene rings is 1. The van der Waals surface area contributed by atoms with E-state index in [1.165, 1.54) is 30.0 Å².